The molecule has 5 heteroatoms. The predicted octanol–water partition coefficient (Wildman–Crippen LogP) is 3.73. The first-order valence-electron chi connectivity index (χ1n) is 7.23. The lowest BCUT2D eigenvalue weighted by atomic mass is 10.2. The Hall–Kier alpha value is -1.49. The Kier molecular flexibility index (Phi) is 8.59. The van der Waals surface area contributed by atoms with Crippen LogP contribution in [0.25, 0.3) is 0 Å². The van der Waals surface area contributed by atoms with Crippen molar-refractivity contribution in [3.05, 3.63) is 29.8 Å². The van der Waals surface area contributed by atoms with E-state index >= 15 is 0 Å². The van der Waals surface area contributed by atoms with E-state index in [0.717, 1.165) is 25.0 Å². The van der Waals surface area contributed by atoms with E-state index < -0.39 is 0 Å². The quantitative estimate of drug-likeness (QED) is 0.558. The number of carbonyl (C=O) groups is 2. The Morgan fingerprint density at radius 3 is 2.81 bits per heavy atom. The highest BCUT2D eigenvalue weighted by molar-refractivity contribution is 7.98. The molecule has 0 saturated carbocycles. The van der Waals surface area contributed by atoms with Crippen LogP contribution in [0.2, 0.25) is 0 Å². The van der Waals surface area contributed by atoms with E-state index in [2.05, 4.69) is 5.32 Å². The van der Waals surface area contributed by atoms with E-state index in [9.17, 15) is 9.59 Å². The minimum Gasteiger partial charge on any atom is -0.462 e. The molecule has 4 nitrogen and oxygen atoms in total. The summed E-state index contributed by atoms with van der Waals surface area (Å²) in [5.74, 6) is 0.597. The first-order valence-corrected chi connectivity index (χ1v) is 8.62. The number of carbonyl (C=O) groups excluding carboxylic acids is 2. The van der Waals surface area contributed by atoms with Crippen LogP contribution >= 0.6 is 11.8 Å². The summed E-state index contributed by atoms with van der Waals surface area (Å²) in [7, 11) is 0. The molecule has 0 fully saturated rings. The Morgan fingerprint density at radius 2 is 2.10 bits per heavy atom. The van der Waals surface area contributed by atoms with Crippen molar-refractivity contribution in [1.29, 1.82) is 0 Å². The van der Waals surface area contributed by atoms with Gasteiger partial charge in [0.25, 0.3) is 0 Å². The molecule has 1 aromatic rings. The van der Waals surface area contributed by atoms with Crippen LogP contribution in [0, 0.1) is 0 Å². The van der Waals surface area contributed by atoms with Crippen molar-refractivity contribution in [2.24, 2.45) is 0 Å². The van der Waals surface area contributed by atoms with Gasteiger partial charge in [0.05, 0.1) is 12.2 Å². The molecule has 0 heterocycles. The van der Waals surface area contributed by atoms with Crippen LogP contribution in [-0.4, -0.2) is 30.5 Å². The number of amides is 1. The lowest BCUT2D eigenvalue weighted by molar-refractivity contribution is -0.116. The number of hydrogen-bond donors (Lipinski definition) is 1. The molecule has 1 N–H and O–H groups in total. The summed E-state index contributed by atoms with van der Waals surface area (Å²) in [6.07, 6.45) is 5.21. The predicted molar refractivity (Wildman–Crippen MR) is 87.9 cm³/mol. The summed E-state index contributed by atoms with van der Waals surface area (Å²) < 4.78 is 5.15. The van der Waals surface area contributed by atoms with Crippen molar-refractivity contribution in [3.63, 3.8) is 0 Å². The zero-order valence-corrected chi connectivity index (χ0v) is 13.5. The molecule has 1 aromatic carbocycles. The molecule has 0 atom stereocenters. The number of hydrogen-bond acceptors (Lipinski definition) is 4. The maximum absolute atomic E-state index is 11.8. The fourth-order valence-corrected chi connectivity index (χ4v) is 2.15. The number of nitrogens with one attached hydrogen (secondary N) is 1. The monoisotopic (exact) mass is 309 g/mol. The van der Waals surface area contributed by atoms with Crippen LogP contribution in [0.1, 0.15) is 43.0 Å². The molecule has 0 aliphatic carbocycles. The van der Waals surface area contributed by atoms with Crippen molar-refractivity contribution >= 4 is 29.3 Å². The van der Waals surface area contributed by atoms with Gasteiger partial charge >= 0.3 is 5.97 Å². The van der Waals surface area contributed by atoms with Crippen LogP contribution in [-0.2, 0) is 9.53 Å². The van der Waals surface area contributed by atoms with Crippen LogP contribution < -0.4 is 5.32 Å². The van der Waals surface area contributed by atoms with Crippen molar-refractivity contribution in [2.45, 2.75) is 32.6 Å². The van der Waals surface area contributed by atoms with Crippen molar-refractivity contribution in [1.82, 2.24) is 0 Å². The van der Waals surface area contributed by atoms with Gasteiger partial charge in [-0.25, -0.2) is 4.79 Å². The maximum atomic E-state index is 11.8. The van der Waals surface area contributed by atoms with Gasteiger partial charge in [-0.15, -0.1) is 0 Å². The third-order valence-corrected chi connectivity index (χ3v) is 3.56. The Morgan fingerprint density at radius 1 is 1.29 bits per heavy atom. The molecule has 1 amide bonds. The maximum Gasteiger partial charge on any atom is 0.338 e. The van der Waals surface area contributed by atoms with Gasteiger partial charge in [-0.1, -0.05) is 19.4 Å². The van der Waals surface area contributed by atoms with Gasteiger partial charge in [0.15, 0.2) is 0 Å². The molecule has 21 heavy (non-hydrogen) atoms. The molecular weight excluding hydrogens is 286 g/mol. The van der Waals surface area contributed by atoms with Crippen LogP contribution in [0.5, 0.6) is 0 Å². The molecule has 0 unspecified atom stereocenters. The molecule has 0 radical (unpaired) electrons. The number of anilines is 1. The number of thioether (sulfide) groups is 1. The largest absolute Gasteiger partial charge is 0.462 e. The Labute approximate surface area is 130 Å². The average Bonchev–Trinajstić information content (AvgIpc) is 2.48. The highest BCUT2D eigenvalue weighted by Gasteiger charge is 2.09. The van der Waals surface area contributed by atoms with E-state index in [1.165, 1.54) is 0 Å². The fraction of sp³-hybridized carbons (Fsp3) is 0.500. The molecule has 0 aliphatic heterocycles. The SMILES string of the molecule is CCCCOC(=O)c1cccc(NC(=O)CCCSC)c1. The second-order valence-corrected chi connectivity index (χ2v) is 5.70. The Bertz CT molecular complexity index is 463. The lowest BCUT2D eigenvalue weighted by Crippen LogP contribution is -2.12. The van der Waals surface area contributed by atoms with Crippen LogP contribution in [0.3, 0.4) is 0 Å². The number of unbranched alkanes of at least 4 members (excludes halogenated alkanes) is 1. The second-order valence-electron chi connectivity index (χ2n) is 4.71. The molecule has 0 spiro atoms. The minimum absolute atomic E-state index is 0.0273. The van der Waals surface area contributed by atoms with E-state index in [1.807, 2.05) is 13.2 Å². The highest BCUT2D eigenvalue weighted by atomic mass is 32.2. The van der Waals surface area contributed by atoms with Gasteiger partial charge in [0.1, 0.15) is 0 Å². The third kappa shape index (κ3) is 7.18. The van der Waals surface area contributed by atoms with Gasteiger partial charge in [-0.2, -0.15) is 11.8 Å². The summed E-state index contributed by atoms with van der Waals surface area (Å²) in [6.45, 7) is 2.47. The van der Waals surface area contributed by atoms with E-state index in [4.69, 9.17) is 4.74 Å². The smallest absolute Gasteiger partial charge is 0.338 e. The second kappa shape index (κ2) is 10.3. The van der Waals surface area contributed by atoms with Crippen LogP contribution in [0.15, 0.2) is 24.3 Å². The Balaban J connectivity index is 2.51. The van der Waals surface area contributed by atoms with Crippen molar-refractivity contribution in [2.75, 3.05) is 23.9 Å². The number of esters is 1. The minimum atomic E-state index is -0.345. The number of benzene rings is 1. The van der Waals surface area contributed by atoms with Gasteiger partial charge in [0.2, 0.25) is 5.91 Å². The van der Waals surface area contributed by atoms with Crippen LogP contribution in [0.4, 0.5) is 5.69 Å². The molecular formula is C16H23NO3S. The summed E-state index contributed by atoms with van der Waals surface area (Å²) >= 11 is 1.72. The van der Waals surface area contributed by atoms with E-state index in [0.29, 0.717) is 24.3 Å². The number of rotatable bonds is 9. The molecule has 116 valence electrons. The zero-order valence-electron chi connectivity index (χ0n) is 12.7. The van der Waals surface area contributed by atoms with Crippen molar-refractivity contribution < 1.29 is 14.3 Å². The van der Waals surface area contributed by atoms with Gasteiger partial charge in [-0.3, -0.25) is 4.79 Å². The highest BCUT2D eigenvalue weighted by Crippen LogP contribution is 2.13. The normalized spacial score (nSPS) is 10.2. The van der Waals surface area contributed by atoms with Gasteiger partial charge in [-0.05, 0) is 43.0 Å². The van der Waals surface area contributed by atoms with Crippen molar-refractivity contribution in [3.8, 4) is 0 Å². The van der Waals surface area contributed by atoms with Gasteiger partial charge < -0.3 is 10.1 Å². The molecule has 0 aromatic heterocycles. The first kappa shape index (κ1) is 17.6. The molecule has 0 saturated heterocycles. The summed E-state index contributed by atoms with van der Waals surface area (Å²) in [5, 5.41) is 2.81. The average molecular weight is 309 g/mol. The number of ether oxygens (including phenoxy) is 1. The summed E-state index contributed by atoms with van der Waals surface area (Å²) in [6, 6.07) is 6.86. The fourth-order valence-electron chi connectivity index (χ4n) is 1.72. The first-order chi connectivity index (χ1) is 10.2. The topological polar surface area (TPSA) is 55.4 Å². The summed E-state index contributed by atoms with van der Waals surface area (Å²) in [5.41, 5.74) is 1.10. The molecule has 1 rings (SSSR count). The lowest BCUT2D eigenvalue weighted by Gasteiger charge is -2.07. The zero-order chi connectivity index (χ0) is 15.5. The third-order valence-electron chi connectivity index (χ3n) is 2.87. The van der Waals surface area contributed by atoms with E-state index in [-0.39, 0.29) is 11.9 Å². The van der Waals surface area contributed by atoms with E-state index in [1.54, 1.807) is 36.0 Å². The molecule has 0 bridgehead atoms. The molecule has 0 aliphatic rings. The van der Waals surface area contributed by atoms with Gasteiger partial charge in [0, 0.05) is 12.1 Å². The standard InChI is InChI=1S/C16H23NO3S/c1-3-4-10-20-16(19)13-7-5-8-14(12-13)17-15(18)9-6-11-21-2/h5,7-8,12H,3-4,6,9-11H2,1-2H3,(H,17,18). The summed E-state index contributed by atoms with van der Waals surface area (Å²) in [4.78, 5) is 23.6.